The van der Waals surface area contributed by atoms with Gasteiger partial charge in [0.05, 0.1) is 5.58 Å². The van der Waals surface area contributed by atoms with E-state index in [9.17, 15) is 13.2 Å². The van der Waals surface area contributed by atoms with Gasteiger partial charge in [0.25, 0.3) is 0 Å². The van der Waals surface area contributed by atoms with Crippen LogP contribution in [0.25, 0.3) is 39.3 Å². The summed E-state index contributed by atoms with van der Waals surface area (Å²) in [6, 6.07) is 23.9. The maximum Gasteiger partial charge on any atom is 0.450 e. The van der Waals surface area contributed by atoms with Crippen molar-refractivity contribution in [1.82, 2.24) is 19.4 Å². The fourth-order valence-electron chi connectivity index (χ4n) is 5.82. The molecule has 1 fully saturated rings. The molecule has 1 aliphatic rings. The minimum atomic E-state index is -4.84. The molecule has 49 heavy (non-hydrogen) atoms. The largest absolute Gasteiger partial charge is 0.484 e. The molecule has 1 saturated carbocycles. The first kappa shape index (κ1) is 29.0. The van der Waals surface area contributed by atoms with Crippen LogP contribution in [0.4, 0.5) is 13.2 Å². The molecule has 0 bridgehead atoms. The fraction of sp³-hybridized carbons (Fsp3) is 0.375. The molecule has 0 unspecified atom stereocenters. The van der Waals surface area contributed by atoms with Crippen molar-refractivity contribution in [2.75, 3.05) is 0 Å². The number of oxazole rings is 1. The van der Waals surface area contributed by atoms with Crippen molar-refractivity contribution in [2.45, 2.75) is 85.6 Å². The summed E-state index contributed by atoms with van der Waals surface area (Å²) in [5.74, 6) is -2.58. The summed E-state index contributed by atoms with van der Waals surface area (Å²) in [7, 11) is 0. The fourth-order valence-corrected chi connectivity index (χ4v) is 5.82. The van der Waals surface area contributed by atoms with Gasteiger partial charge in [-0.2, -0.15) is 13.2 Å². The maximum atomic E-state index is 14.3. The van der Waals surface area contributed by atoms with Crippen LogP contribution >= 0.6 is 0 Å². The van der Waals surface area contributed by atoms with Crippen LogP contribution in [-0.4, -0.2) is 19.4 Å². The predicted molar refractivity (Wildman–Crippen MR) is 183 cm³/mol. The van der Waals surface area contributed by atoms with Gasteiger partial charge in [0, 0.05) is 52.1 Å². The normalized spacial score (nSPS) is 18.1. The second-order valence-corrected chi connectivity index (χ2v) is 13.8. The first-order valence-corrected chi connectivity index (χ1v) is 15.9. The standard InChI is InChI=1S/C29H33F3N3O.C11H8N.Ir/c1-17-16-33-21(14-19(17)15-27(2,3)4)20-8-7-9-22-24(20)36-25-23(18-10-12-28(5,6)13-11-18)34-26(35(22)25)29(30,31)32;1-2-6-10(7-3-1)11-8-4-5-9-12-11;/h7,9,14,16,18H,10-13,15H2,1-6H3;1-6,8-9H;/q2*-1;/i1D3,15D2,18D;;. The molecule has 6 aromatic rings. The Morgan fingerprint density at radius 3 is 2.41 bits per heavy atom. The summed E-state index contributed by atoms with van der Waals surface area (Å²) in [6.07, 6.45) is -2.13. The van der Waals surface area contributed by atoms with Crippen LogP contribution in [0.15, 0.2) is 77.5 Å². The zero-order chi connectivity index (χ0) is 39.5. The molecule has 0 N–H and O–H groups in total. The summed E-state index contributed by atoms with van der Waals surface area (Å²) in [4.78, 5) is 12.5. The number of pyridine rings is 2. The molecule has 4 aromatic heterocycles. The van der Waals surface area contributed by atoms with Crippen LogP contribution < -0.4 is 0 Å². The van der Waals surface area contributed by atoms with Crippen LogP contribution in [0.1, 0.15) is 97.1 Å². The number of imidazole rings is 1. The Bertz CT molecular complexity index is 2230. The van der Waals surface area contributed by atoms with Crippen LogP contribution in [0, 0.1) is 29.8 Å². The second kappa shape index (κ2) is 14.2. The van der Waals surface area contributed by atoms with E-state index >= 15 is 0 Å². The number of hydrogen-bond donors (Lipinski definition) is 0. The minimum Gasteiger partial charge on any atom is -0.484 e. The number of benzene rings is 2. The molecular weight excluding hydrogens is 802 g/mol. The van der Waals surface area contributed by atoms with Gasteiger partial charge < -0.3 is 14.4 Å². The summed E-state index contributed by atoms with van der Waals surface area (Å²) in [5.41, 5.74) is 0.626. The van der Waals surface area contributed by atoms with Gasteiger partial charge in [0.2, 0.25) is 11.5 Å². The van der Waals surface area contributed by atoms with Gasteiger partial charge in [-0.25, -0.2) is 4.98 Å². The Balaban J connectivity index is 0.000000378. The number of halogens is 3. The number of fused-ring (bicyclic) bond motifs is 3. The summed E-state index contributed by atoms with van der Waals surface area (Å²) >= 11 is 0. The summed E-state index contributed by atoms with van der Waals surface area (Å²) < 4.78 is 101. The molecule has 0 spiro atoms. The first-order valence-electron chi connectivity index (χ1n) is 18.9. The average Bonchev–Trinajstić information content (AvgIpc) is 3.68. The van der Waals surface area contributed by atoms with Crippen LogP contribution in [-0.2, 0) is 32.7 Å². The van der Waals surface area contributed by atoms with Gasteiger partial charge in [-0.15, -0.1) is 54.1 Å². The predicted octanol–water partition coefficient (Wildman–Crippen LogP) is 11.1. The topological polar surface area (TPSA) is 56.2 Å². The van der Waals surface area contributed by atoms with Gasteiger partial charge >= 0.3 is 6.18 Å². The van der Waals surface area contributed by atoms with E-state index in [4.69, 9.17) is 12.6 Å². The zero-order valence-corrected chi connectivity index (χ0v) is 30.3. The van der Waals surface area contributed by atoms with Gasteiger partial charge in [-0.3, -0.25) is 4.40 Å². The van der Waals surface area contributed by atoms with E-state index in [0.29, 0.717) is 25.7 Å². The number of hydrogen-bond acceptors (Lipinski definition) is 4. The number of rotatable bonds is 4. The van der Waals surface area contributed by atoms with E-state index in [-0.39, 0.29) is 70.4 Å². The number of aryl methyl sites for hydroxylation is 1. The molecule has 0 amide bonds. The third kappa shape index (κ3) is 8.16. The van der Waals surface area contributed by atoms with E-state index in [1.807, 2.05) is 42.5 Å². The molecule has 2 aromatic carbocycles. The Morgan fingerprint density at radius 1 is 1.02 bits per heavy atom. The van der Waals surface area contributed by atoms with Crippen molar-refractivity contribution in [3.05, 3.63) is 108 Å². The molecular formula is C40H41F3IrN4O-2. The molecule has 259 valence electrons. The molecule has 5 nitrogen and oxygen atoms in total. The van der Waals surface area contributed by atoms with Crippen molar-refractivity contribution < 1.29 is 45.9 Å². The Labute approximate surface area is 308 Å². The SMILES string of the molecule is [2H]C([2H])([2H])c1cnc(-c2[c-]ccc3c2oc2c(C4([2H])CCC(C)(C)CC4)nc(C(F)(F)F)n23)cc1C([2H])([2H])C(C)(C)C.[Ir].[c-]1ccccc1-c1ccccn1. The van der Waals surface area contributed by atoms with E-state index in [1.165, 1.54) is 18.2 Å². The molecule has 9 heteroatoms. The minimum absolute atomic E-state index is 0. The third-order valence-corrected chi connectivity index (χ3v) is 8.32. The molecule has 1 aliphatic carbocycles. The van der Waals surface area contributed by atoms with Gasteiger partial charge in [0.15, 0.2) is 0 Å². The Hall–Kier alpha value is -3.81. The number of alkyl halides is 3. The zero-order valence-electron chi connectivity index (χ0n) is 33.9. The number of nitrogens with zero attached hydrogens (tertiary/aromatic N) is 4. The van der Waals surface area contributed by atoms with E-state index < -0.39 is 36.5 Å². The van der Waals surface area contributed by atoms with Crippen molar-refractivity contribution in [2.24, 2.45) is 10.8 Å². The third-order valence-electron chi connectivity index (χ3n) is 8.32. The van der Waals surface area contributed by atoms with Crippen LogP contribution in [0.2, 0.25) is 0 Å². The van der Waals surface area contributed by atoms with Crippen LogP contribution in [0.3, 0.4) is 0 Å². The Kier molecular flexibility index (Phi) is 8.40. The smallest absolute Gasteiger partial charge is 0.450 e. The average molecular weight is 849 g/mol. The van der Waals surface area contributed by atoms with Crippen molar-refractivity contribution in [1.29, 1.82) is 0 Å². The van der Waals surface area contributed by atoms with Crippen molar-refractivity contribution >= 4 is 16.8 Å². The molecule has 1 radical (unpaired) electrons. The van der Waals surface area contributed by atoms with E-state index in [1.54, 1.807) is 27.0 Å². The quantitative estimate of drug-likeness (QED) is 0.166. The Morgan fingerprint density at radius 2 is 1.78 bits per heavy atom. The molecule has 4 heterocycles. The van der Waals surface area contributed by atoms with E-state index in [2.05, 4.69) is 40.9 Å². The molecule has 7 rings (SSSR count). The second-order valence-electron chi connectivity index (χ2n) is 13.8. The summed E-state index contributed by atoms with van der Waals surface area (Å²) in [5, 5.41) is 0. The maximum absolute atomic E-state index is 14.3. The molecule has 0 saturated heterocycles. The number of aromatic nitrogens is 4. The van der Waals surface area contributed by atoms with Gasteiger partial charge in [-0.1, -0.05) is 63.9 Å². The molecule has 0 atom stereocenters. The van der Waals surface area contributed by atoms with Gasteiger partial charge in [0.1, 0.15) is 5.69 Å². The first-order chi connectivity index (χ1) is 25.0. The van der Waals surface area contributed by atoms with Crippen molar-refractivity contribution in [3.63, 3.8) is 0 Å². The summed E-state index contributed by atoms with van der Waals surface area (Å²) in [6.45, 7) is 6.43. The van der Waals surface area contributed by atoms with Crippen LogP contribution in [0.5, 0.6) is 0 Å². The van der Waals surface area contributed by atoms with Gasteiger partial charge in [-0.05, 0) is 72.8 Å². The van der Waals surface area contributed by atoms with Crippen molar-refractivity contribution in [3.8, 4) is 22.5 Å². The van der Waals surface area contributed by atoms with E-state index in [0.717, 1.165) is 21.9 Å². The monoisotopic (exact) mass is 849 g/mol. The molecule has 0 aliphatic heterocycles.